The lowest BCUT2D eigenvalue weighted by atomic mass is 10.1. The van der Waals surface area contributed by atoms with Gasteiger partial charge in [-0.2, -0.15) is 0 Å². The van der Waals surface area contributed by atoms with Gasteiger partial charge in [0.25, 0.3) is 0 Å². The van der Waals surface area contributed by atoms with E-state index in [0.29, 0.717) is 18.7 Å². The van der Waals surface area contributed by atoms with E-state index in [0.717, 1.165) is 11.3 Å². The number of carbonyl (C=O) groups excluding carboxylic acids is 1. The number of hydrogen-bond acceptors (Lipinski definition) is 3. The van der Waals surface area contributed by atoms with Crippen LogP contribution in [0.3, 0.4) is 0 Å². The van der Waals surface area contributed by atoms with Crippen LogP contribution in [0.2, 0.25) is 0 Å². The van der Waals surface area contributed by atoms with Crippen molar-refractivity contribution in [3.8, 4) is 0 Å². The number of anilines is 1. The summed E-state index contributed by atoms with van der Waals surface area (Å²) in [6.07, 6.45) is 0. The molecule has 4 heteroatoms. The maximum atomic E-state index is 11.0. The van der Waals surface area contributed by atoms with Gasteiger partial charge in [0.1, 0.15) is 0 Å². The Morgan fingerprint density at radius 3 is 2.35 bits per heavy atom. The highest BCUT2D eigenvalue weighted by Crippen LogP contribution is 2.14. The fourth-order valence-corrected chi connectivity index (χ4v) is 1.98. The SMILES string of the molecule is COCc1ccccc1CNc1ccc(C(N)=O)cc1. The van der Waals surface area contributed by atoms with Crippen LogP contribution in [-0.4, -0.2) is 13.0 Å². The Morgan fingerprint density at radius 1 is 1.10 bits per heavy atom. The number of amides is 1. The van der Waals surface area contributed by atoms with Gasteiger partial charge in [0.15, 0.2) is 0 Å². The Labute approximate surface area is 118 Å². The predicted octanol–water partition coefficient (Wildman–Crippen LogP) is 2.54. The Morgan fingerprint density at radius 2 is 1.75 bits per heavy atom. The lowest BCUT2D eigenvalue weighted by molar-refractivity contribution is 0.100. The summed E-state index contributed by atoms with van der Waals surface area (Å²) in [5, 5.41) is 3.32. The van der Waals surface area contributed by atoms with Crippen molar-refractivity contribution in [2.45, 2.75) is 13.2 Å². The summed E-state index contributed by atoms with van der Waals surface area (Å²) in [5.41, 5.74) is 9.02. The van der Waals surface area contributed by atoms with Crippen molar-refractivity contribution in [3.05, 3.63) is 65.2 Å². The first-order valence-corrected chi connectivity index (χ1v) is 6.40. The first-order chi connectivity index (χ1) is 9.70. The number of nitrogens with two attached hydrogens (primary N) is 1. The number of methoxy groups -OCH3 is 1. The fourth-order valence-electron chi connectivity index (χ4n) is 1.98. The highest BCUT2D eigenvalue weighted by Gasteiger charge is 2.02. The Hall–Kier alpha value is -2.33. The van der Waals surface area contributed by atoms with Crippen molar-refractivity contribution in [1.82, 2.24) is 0 Å². The minimum atomic E-state index is -0.415. The molecular formula is C16H18N2O2. The number of rotatable bonds is 6. The third kappa shape index (κ3) is 3.59. The molecule has 0 saturated carbocycles. The molecule has 1 amide bonds. The van der Waals surface area contributed by atoms with Gasteiger partial charge in [-0.15, -0.1) is 0 Å². The third-order valence-electron chi connectivity index (χ3n) is 3.07. The second-order valence-electron chi connectivity index (χ2n) is 4.50. The topological polar surface area (TPSA) is 64.3 Å². The maximum absolute atomic E-state index is 11.0. The van der Waals surface area contributed by atoms with E-state index in [2.05, 4.69) is 17.4 Å². The number of benzene rings is 2. The van der Waals surface area contributed by atoms with E-state index in [-0.39, 0.29) is 0 Å². The Kier molecular flexibility index (Phi) is 4.74. The molecule has 2 aromatic carbocycles. The van der Waals surface area contributed by atoms with Crippen molar-refractivity contribution in [2.75, 3.05) is 12.4 Å². The molecule has 4 nitrogen and oxygen atoms in total. The van der Waals surface area contributed by atoms with Crippen molar-refractivity contribution in [3.63, 3.8) is 0 Å². The van der Waals surface area contributed by atoms with Crippen LogP contribution in [0, 0.1) is 0 Å². The molecule has 2 rings (SSSR count). The smallest absolute Gasteiger partial charge is 0.248 e. The van der Waals surface area contributed by atoms with Gasteiger partial charge in [0, 0.05) is 24.9 Å². The van der Waals surface area contributed by atoms with Crippen LogP contribution in [0.5, 0.6) is 0 Å². The zero-order valence-corrected chi connectivity index (χ0v) is 11.4. The fraction of sp³-hybridized carbons (Fsp3) is 0.188. The predicted molar refractivity (Wildman–Crippen MR) is 79.4 cm³/mol. The highest BCUT2D eigenvalue weighted by atomic mass is 16.5. The molecule has 0 fully saturated rings. The number of carbonyl (C=O) groups is 1. The van der Waals surface area contributed by atoms with E-state index in [4.69, 9.17) is 10.5 Å². The van der Waals surface area contributed by atoms with Gasteiger partial charge in [-0.25, -0.2) is 0 Å². The lowest BCUT2D eigenvalue weighted by Crippen LogP contribution is -2.10. The molecule has 0 heterocycles. The summed E-state index contributed by atoms with van der Waals surface area (Å²) in [6.45, 7) is 1.30. The van der Waals surface area contributed by atoms with Gasteiger partial charge in [-0.3, -0.25) is 4.79 Å². The molecule has 0 aliphatic carbocycles. The number of primary amides is 1. The minimum Gasteiger partial charge on any atom is -0.381 e. The third-order valence-corrected chi connectivity index (χ3v) is 3.07. The van der Waals surface area contributed by atoms with E-state index in [1.54, 1.807) is 19.2 Å². The van der Waals surface area contributed by atoms with E-state index in [1.165, 1.54) is 5.56 Å². The number of nitrogens with one attached hydrogen (secondary N) is 1. The molecule has 20 heavy (non-hydrogen) atoms. The van der Waals surface area contributed by atoms with Gasteiger partial charge in [-0.05, 0) is 35.4 Å². The van der Waals surface area contributed by atoms with Crippen molar-refractivity contribution >= 4 is 11.6 Å². The van der Waals surface area contributed by atoms with Crippen LogP contribution >= 0.6 is 0 Å². The molecule has 0 saturated heterocycles. The summed E-state index contributed by atoms with van der Waals surface area (Å²) < 4.78 is 5.18. The average Bonchev–Trinajstić information content (AvgIpc) is 2.47. The zero-order valence-electron chi connectivity index (χ0n) is 11.4. The quantitative estimate of drug-likeness (QED) is 0.847. The van der Waals surface area contributed by atoms with Gasteiger partial charge in [0.2, 0.25) is 5.91 Å². The summed E-state index contributed by atoms with van der Waals surface area (Å²) in [6, 6.07) is 15.2. The van der Waals surface area contributed by atoms with Crippen LogP contribution in [0.4, 0.5) is 5.69 Å². The molecule has 0 unspecified atom stereocenters. The summed E-state index contributed by atoms with van der Waals surface area (Å²) >= 11 is 0. The first kappa shape index (κ1) is 14.1. The molecule has 0 radical (unpaired) electrons. The van der Waals surface area contributed by atoms with E-state index in [9.17, 15) is 4.79 Å². The molecule has 2 aromatic rings. The molecule has 0 aliphatic rings. The van der Waals surface area contributed by atoms with Gasteiger partial charge < -0.3 is 15.8 Å². The van der Waals surface area contributed by atoms with E-state index >= 15 is 0 Å². The molecular weight excluding hydrogens is 252 g/mol. The number of ether oxygens (including phenoxy) is 1. The van der Waals surface area contributed by atoms with Crippen molar-refractivity contribution < 1.29 is 9.53 Å². The Bertz CT molecular complexity index is 579. The molecule has 3 N–H and O–H groups in total. The largest absolute Gasteiger partial charge is 0.381 e. The molecule has 0 aliphatic heterocycles. The van der Waals surface area contributed by atoms with E-state index < -0.39 is 5.91 Å². The summed E-state index contributed by atoms with van der Waals surface area (Å²) in [4.78, 5) is 11.0. The lowest BCUT2D eigenvalue weighted by Gasteiger charge is -2.11. The minimum absolute atomic E-state index is 0.415. The molecule has 0 aromatic heterocycles. The van der Waals surface area contributed by atoms with E-state index in [1.807, 2.05) is 24.3 Å². The summed E-state index contributed by atoms with van der Waals surface area (Å²) in [5.74, 6) is -0.415. The van der Waals surface area contributed by atoms with Crippen LogP contribution in [-0.2, 0) is 17.9 Å². The average molecular weight is 270 g/mol. The standard InChI is InChI=1S/C16H18N2O2/c1-20-11-14-5-3-2-4-13(14)10-18-15-8-6-12(7-9-15)16(17)19/h2-9,18H,10-11H2,1H3,(H2,17,19). The zero-order chi connectivity index (χ0) is 14.4. The van der Waals surface area contributed by atoms with Crippen LogP contribution in [0.1, 0.15) is 21.5 Å². The molecule has 0 bridgehead atoms. The van der Waals surface area contributed by atoms with Gasteiger partial charge >= 0.3 is 0 Å². The number of hydrogen-bond donors (Lipinski definition) is 2. The molecule has 104 valence electrons. The van der Waals surface area contributed by atoms with Crippen LogP contribution < -0.4 is 11.1 Å². The van der Waals surface area contributed by atoms with Crippen molar-refractivity contribution in [1.29, 1.82) is 0 Å². The Balaban J connectivity index is 2.03. The van der Waals surface area contributed by atoms with Crippen LogP contribution in [0.25, 0.3) is 0 Å². The molecule has 0 spiro atoms. The van der Waals surface area contributed by atoms with Crippen LogP contribution in [0.15, 0.2) is 48.5 Å². The monoisotopic (exact) mass is 270 g/mol. The summed E-state index contributed by atoms with van der Waals surface area (Å²) in [7, 11) is 1.69. The second-order valence-corrected chi connectivity index (χ2v) is 4.50. The second kappa shape index (κ2) is 6.73. The van der Waals surface area contributed by atoms with Gasteiger partial charge in [0.05, 0.1) is 6.61 Å². The normalized spacial score (nSPS) is 10.2. The maximum Gasteiger partial charge on any atom is 0.248 e. The van der Waals surface area contributed by atoms with Gasteiger partial charge in [-0.1, -0.05) is 24.3 Å². The molecule has 0 atom stereocenters. The first-order valence-electron chi connectivity index (χ1n) is 6.40. The highest BCUT2D eigenvalue weighted by molar-refractivity contribution is 5.93. The van der Waals surface area contributed by atoms with Crippen molar-refractivity contribution in [2.24, 2.45) is 5.73 Å².